The molecule has 1 amide bonds. The van der Waals surface area contributed by atoms with Crippen LogP contribution in [0.3, 0.4) is 0 Å². The number of amides is 1. The molecule has 0 saturated carbocycles. The standard InChI is InChI=1S/C18H16N4O7S/c23-15(10-22-14-4-2-1-3-13(14)19-9-16(22)24)20-21-30(28,29)12-7-5-11(6-8-12)17(25)18(26)27/h1-9,17,21,25H,10H2,(H,20,23)(H,26,27). The Balaban J connectivity index is 1.71. The number of carboxylic acid groups (broad SMARTS) is 1. The van der Waals surface area contributed by atoms with E-state index in [4.69, 9.17) is 5.11 Å². The number of benzene rings is 2. The summed E-state index contributed by atoms with van der Waals surface area (Å²) >= 11 is 0. The van der Waals surface area contributed by atoms with Crippen molar-refractivity contribution in [3.63, 3.8) is 0 Å². The number of fused-ring (bicyclic) bond motifs is 1. The summed E-state index contributed by atoms with van der Waals surface area (Å²) in [5.74, 6) is -2.27. The number of carbonyl (C=O) groups excluding carboxylic acids is 1. The largest absolute Gasteiger partial charge is 0.479 e. The van der Waals surface area contributed by atoms with Gasteiger partial charge in [0.25, 0.3) is 21.5 Å². The van der Waals surface area contributed by atoms with Crippen LogP contribution in [-0.2, 0) is 26.2 Å². The number of hydrazine groups is 1. The van der Waals surface area contributed by atoms with Gasteiger partial charge in [0, 0.05) is 0 Å². The molecule has 0 radical (unpaired) electrons. The van der Waals surface area contributed by atoms with Crippen molar-refractivity contribution >= 4 is 32.9 Å². The van der Waals surface area contributed by atoms with Gasteiger partial charge in [-0.3, -0.25) is 19.6 Å². The summed E-state index contributed by atoms with van der Waals surface area (Å²) in [6, 6.07) is 11.1. The van der Waals surface area contributed by atoms with Gasteiger partial charge in [-0.05, 0) is 29.8 Å². The molecular formula is C18H16N4O7S. The molecule has 1 unspecified atom stereocenters. The van der Waals surface area contributed by atoms with Crippen LogP contribution in [0, 0.1) is 0 Å². The van der Waals surface area contributed by atoms with Crippen LogP contribution in [0.25, 0.3) is 11.0 Å². The normalized spacial score (nSPS) is 12.4. The van der Waals surface area contributed by atoms with Crippen LogP contribution in [-0.4, -0.2) is 40.1 Å². The van der Waals surface area contributed by atoms with Gasteiger partial charge in [-0.25, -0.2) is 18.2 Å². The molecule has 0 fully saturated rings. The average molecular weight is 432 g/mol. The van der Waals surface area contributed by atoms with Gasteiger partial charge in [0.2, 0.25) is 0 Å². The highest BCUT2D eigenvalue weighted by Gasteiger charge is 2.19. The van der Waals surface area contributed by atoms with Crippen molar-refractivity contribution in [1.82, 2.24) is 19.8 Å². The number of sulfonamides is 1. The minimum atomic E-state index is -4.17. The molecule has 11 nitrogen and oxygen atoms in total. The molecule has 0 aliphatic rings. The number of aliphatic carboxylic acids is 1. The van der Waals surface area contributed by atoms with Crippen molar-refractivity contribution in [2.45, 2.75) is 17.5 Å². The molecule has 0 aliphatic carbocycles. The van der Waals surface area contributed by atoms with Crippen molar-refractivity contribution in [3.8, 4) is 0 Å². The van der Waals surface area contributed by atoms with Crippen molar-refractivity contribution in [1.29, 1.82) is 0 Å². The quantitative estimate of drug-likeness (QED) is 0.363. The smallest absolute Gasteiger partial charge is 0.337 e. The summed E-state index contributed by atoms with van der Waals surface area (Å²) < 4.78 is 25.7. The highest BCUT2D eigenvalue weighted by Crippen LogP contribution is 2.16. The lowest BCUT2D eigenvalue weighted by Crippen LogP contribution is -2.44. The minimum Gasteiger partial charge on any atom is -0.479 e. The number of rotatable bonds is 7. The predicted molar refractivity (Wildman–Crippen MR) is 104 cm³/mol. The van der Waals surface area contributed by atoms with E-state index >= 15 is 0 Å². The van der Waals surface area contributed by atoms with Crippen LogP contribution in [0.15, 0.2) is 64.4 Å². The van der Waals surface area contributed by atoms with E-state index in [1.54, 1.807) is 24.3 Å². The molecule has 12 heteroatoms. The average Bonchev–Trinajstić information content (AvgIpc) is 2.74. The third kappa shape index (κ3) is 4.51. The van der Waals surface area contributed by atoms with Crippen LogP contribution >= 0.6 is 0 Å². The predicted octanol–water partition coefficient (Wildman–Crippen LogP) is -0.476. The maximum Gasteiger partial charge on any atom is 0.337 e. The van der Waals surface area contributed by atoms with Gasteiger partial charge in [0.05, 0.1) is 22.1 Å². The van der Waals surface area contributed by atoms with E-state index in [0.29, 0.717) is 11.0 Å². The Morgan fingerprint density at radius 3 is 2.43 bits per heavy atom. The van der Waals surface area contributed by atoms with E-state index in [1.807, 2.05) is 10.3 Å². The van der Waals surface area contributed by atoms with Crippen LogP contribution < -0.4 is 15.8 Å². The first-order valence-corrected chi connectivity index (χ1v) is 9.93. The van der Waals surface area contributed by atoms with E-state index in [9.17, 15) is 27.9 Å². The van der Waals surface area contributed by atoms with E-state index < -0.39 is 40.1 Å². The molecule has 0 bridgehead atoms. The highest BCUT2D eigenvalue weighted by atomic mass is 32.2. The molecule has 1 atom stereocenters. The number of hydrogen-bond donors (Lipinski definition) is 4. The Morgan fingerprint density at radius 2 is 1.77 bits per heavy atom. The van der Waals surface area contributed by atoms with Crippen LogP contribution in [0.1, 0.15) is 11.7 Å². The molecule has 30 heavy (non-hydrogen) atoms. The summed E-state index contributed by atoms with van der Waals surface area (Å²) in [6.07, 6.45) is -0.727. The molecule has 156 valence electrons. The number of nitrogens with zero attached hydrogens (tertiary/aromatic N) is 2. The number of carboxylic acids is 1. The molecule has 2 aromatic carbocycles. The van der Waals surface area contributed by atoms with Crippen LogP contribution in [0.5, 0.6) is 0 Å². The number of hydrogen-bond acceptors (Lipinski definition) is 7. The first kappa shape index (κ1) is 21.1. The zero-order valence-corrected chi connectivity index (χ0v) is 16.0. The zero-order valence-electron chi connectivity index (χ0n) is 15.2. The number of carbonyl (C=O) groups is 2. The summed E-state index contributed by atoms with van der Waals surface area (Å²) in [5, 5.41) is 18.2. The fraction of sp³-hybridized carbons (Fsp3) is 0.111. The Labute approximate surface area is 169 Å². The summed E-state index contributed by atoms with van der Waals surface area (Å²) in [4.78, 5) is 40.6. The topological polar surface area (TPSA) is 168 Å². The number of para-hydroxylation sites is 2. The van der Waals surface area contributed by atoms with Crippen molar-refractivity contribution < 1.29 is 28.2 Å². The number of aliphatic hydroxyl groups is 1. The van der Waals surface area contributed by atoms with E-state index in [1.165, 1.54) is 0 Å². The lowest BCUT2D eigenvalue weighted by Gasteiger charge is -2.12. The first-order chi connectivity index (χ1) is 14.2. The Kier molecular flexibility index (Phi) is 5.91. The number of aliphatic hydroxyl groups excluding tert-OH is 1. The van der Waals surface area contributed by atoms with Crippen molar-refractivity contribution in [3.05, 3.63) is 70.6 Å². The van der Waals surface area contributed by atoms with E-state index in [2.05, 4.69) is 4.98 Å². The summed E-state index contributed by atoms with van der Waals surface area (Å²) in [7, 11) is -4.17. The molecule has 3 aromatic rings. The van der Waals surface area contributed by atoms with Gasteiger partial charge in [0.1, 0.15) is 6.54 Å². The highest BCUT2D eigenvalue weighted by molar-refractivity contribution is 7.89. The second-order valence-corrected chi connectivity index (χ2v) is 7.82. The molecule has 3 rings (SSSR count). The monoisotopic (exact) mass is 432 g/mol. The number of nitrogens with one attached hydrogen (secondary N) is 2. The van der Waals surface area contributed by atoms with Gasteiger partial charge < -0.3 is 10.2 Å². The maximum absolute atomic E-state index is 12.3. The first-order valence-electron chi connectivity index (χ1n) is 8.45. The minimum absolute atomic E-state index is 0.00516. The van der Waals surface area contributed by atoms with Gasteiger partial charge in [-0.2, -0.15) is 0 Å². The maximum atomic E-state index is 12.3. The Bertz CT molecular complexity index is 1270. The van der Waals surface area contributed by atoms with Crippen molar-refractivity contribution in [2.24, 2.45) is 0 Å². The molecule has 1 heterocycles. The molecule has 0 spiro atoms. The summed E-state index contributed by atoms with van der Waals surface area (Å²) in [6.45, 7) is -0.450. The molecule has 4 N–H and O–H groups in total. The molecule has 0 aliphatic heterocycles. The third-order valence-electron chi connectivity index (χ3n) is 4.12. The van der Waals surface area contributed by atoms with Crippen LogP contribution in [0.4, 0.5) is 0 Å². The Hall–Kier alpha value is -3.61. The third-order valence-corrected chi connectivity index (χ3v) is 5.38. The van der Waals surface area contributed by atoms with Crippen molar-refractivity contribution in [2.75, 3.05) is 0 Å². The van der Waals surface area contributed by atoms with E-state index in [0.717, 1.165) is 35.0 Å². The zero-order chi connectivity index (χ0) is 21.9. The number of aromatic nitrogens is 2. The van der Waals surface area contributed by atoms with Gasteiger partial charge in [-0.15, -0.1) is 4.83 Å². The van der Waals surface area contributed by atoms with Gasteiger partial charge in [-0.1, -0.05) is 24.3 Å². The lowest BCUT2D eigenvalue weighted by atomic mass is 10.1. The summed E-state index contributed by atoms with van der Waals surface area (Å²) in [5.41, 5.74) is 2.39. The van der Waals surface area contributed by atoms with Crippen LogP contribution in [0.2, 0.25) is 0 Å². The second kappa shape index (κ2) is 8.41. The second-order valence-electron chi connectivity index (χ2n) is 6.13. The molecule has 0 saturated heterocycles. The SMILES string of the molecule is O=C(Cn1c(=O)cnc2ccccc21)NNS(=O)(=O)c1ccc(C(O)C(=O)O)cc1. The fourth-order valence-electron chi connectivity index (χ4n) is 2.62. The fourth-order valence-corrected chi connectivity index (χ4v) is 3.48. The molecule has 1 aromatic heterocycles. The van der Waals surface area contributed by atoms with Gasteiger partial charge in [0.15, 0.2) is 6.10 Å². The van der Waals surface area contributed by atoms with E-state index in [-0.39, 0.29) is 10.5 Å². The van der Waals surface area contributed by atoms with Gasteiger partial charge >= 0.3 is 5.97 Å². The molecular weight excluding hydrogens is 416 g/mol. The lowest BCUT2D eigenvalue weighted by molar-refractivity contribution is -0.147. The Morgan fingerprint density at radius 1 is 1.10 bits per heavy atom.